The highest BCUT2D eigenvalue weighted by molar-refractivity contribution is 5.78. The molecule has 31 heavy (non-hydrogen) atoms. The van der Waals surface area contributed by atoms with Crippen molar-refractivity contribution >= 4 is 11.9 Å². The van der Waals surface area contributed by atoms with Crippen molar-refractivity contribution in [3.05, 3.63) is 23.8 Å². The molecule has 0 radical (unpaired) electrons. The standard InChI is InChI=1S/C25H34O6/c1-15-11-24-13-25(15,31-16(2)26)10-7-17(24)23-9-6-8-22(3,18(12-23)30-14-28-4)20(23)19(24)21(27)29-5/h7,18-20H,1,6,8-14H2,2-5H3/t18?,19-,20-,22+,23-,24+,25+/m1/s1. The number of allylic oxidation sites excluding steroid dienone is 1. The van der Waals surface area contributed by atoms with Crippen molar-refractivity contribution in [2.24, 2.45) is 28.1 Å². The van der Waals surface area contributed by atoms with Gasteiger partial charge in [-0.1, -0.05) is 31.6 Å². The highest BCUT2D eigenvalue weighted by Crippen LogP contribution is 2.81. The van der Waals surface area contributed by atoms with E-state index in [-0.39, 0.29) is 52.9 Å². The van der Waals surface area contributed by atoms with E-state index in [0.29, 0.717) is 19.3 Å². The second-order valence-electron chi connectivity index (χ2n) is 10.8. The first kappa shape index (κ1) is 21.2. The molecule has 0 heterocycles. The summed E-state index contributed by atoms with van der Waals surface area (Å²) >= 11 is 0. The summed E-state index contributed by atoms with van der Waals surface area (Å²) in [6.07, 6.45) is 8.44. The summed E-state index contributed by atoms with van der Waals surface area (Å²) in [5, 5.41) is 0. The van der Waals surface area contributed by atoms with Gasteiger partial charge in [-0.3, -0.25) is 9.59 Å². The van der Waals surface area contributed by atoms with Crippen molar-refractivity contribution in [2.45, 2.75) is 70.5 Å². The molecule has 4 fully saturated rings. The number of rotatable bonds is 5. The Bertz CT molecular complexity index is 877. The number of hydrogen-bond donors (Lipinski definition) is 0. The monoisotopic (exact) mass is 430 g/mol. The Morgan fingerprint density at radius 2 is 2.00 bits per heavy atom. The van der Waals surface area contributed by atoms with Crippen molar-refractivity contribution in [3.8, 4) is 0 Å². The van der Waals surface area contributed by atoms with Gasteiger partial charge in [0.15, 0.2) is 0 Å². The number of methoxy groups -OCH3 is 2. The predicted molar refractivity (Wildman–Crippen MR) is 113 cm³/mol. The van der Waals surface area contributed by atoms with Crippen LogP contribution < -0.4 is 0 Å². The quantitative estimate of drug-likeness (QED) is 0.374. The molecule has 0 aliphatic heterocycles. The summed E-state index contributed by atoms with van der Waals surface area (Å²) < 4.78 is 22.8. The van der Waals surface area contributed by atoms with E-state index in [1.165, 1.54) is 19.6 Å². The van der Waals surface area contributed by atoms with Gasteiger partial charge in [0.05, 0.1) is 19.1 Å². The molecule has 0 amide bonds. The zero-order valence-corrected chi connectivity index (χ0v) is 19.1. The van der Waals surface area contributed by atoms with E-state index in [1.54, 1.807) is 7.11 Å². The summed E-state index contributed by atoms with van der Waals surface area (Å²) in [4.78, 5) is 25.4. The van der Waals surface area contributed by atoms with E-state index in [4.69, 9.17) is 18.9 Å². The van der Waals surface area contributed by atoms with Crippen LogP contribution in [0.2, 0.25) is 0 Å². The fraction of sp³-hybridized carbons (Fsp3) is 0.760. The Hall–Kier alpha value is -1.66. The number of carbonyl (C=O) groups excluding carboxylic acids is 2. The normalized spacial score (nSPS) is 46.9. The average molecular weight is 431 g/mol. The molecule has 0 aromatic rings. The third-order valence-corrected chi connectivity index (χ3v) is 9.52. The first-order valence-electron chi connectivity index (χ1n) is 11.5. The summed E-state index contributed by atoms with van der Waals surface area (Å²) in [7, 11) is 3.14. The number of ether oxygens (including phenoxy) is 4. The van der Waals surface area contributed by atoms with E-state index in [9.17, 15) is 9.59 Å². The topological polar surface area (TPSA) is 71.1 Å². The lowest BCUT2D eigenvalue weighted by atomic mass is 9.59. The van der Waals surface area contributed by atoms with Crippen molar-refractivity contribution in [3.63, 3.8) is 0 Å². The maximum Gasteiger partial charge on any atom is 0.309 e. The molecule has 1 spiro atoms. The van der Waals surface area contributed by atoms with Gasteiger partial charge in [-0.25, -0.2) is 0 Å². The minimum Gasteiger partial charge on any atom is -0.469 e. The molecule has 170 valence electrons. The minimum atomic E-state index is -0.697. The Balaban J connectivity index is 1.67. The highest BCUT2D eigenvalue weighted by Gasteiger charge is 2.79. The lowest BCUT2D eigenvalue weighted by Gasteiger charge is -2.45. The molecule has 5 aliphatic carbocycles. The van der Waals surface area contributed by atoms with Crippen molar-refractivity contribution in [1.29, 1.82) is 0 Å². The van der Waals surface area contributed by atoms with Crippen LogP contribution in [0.15, 0.2) is 23.8 Å². The van der Waals surface area contributed by atoms with Gasteiger partial charge in [0.2, 0.25) is 0 Å². The van der Waals surface area contributed by atoms with Crippen LogP contribution in [-0.4, -0.2) is 44.7 Å². The molecule has 0 N–H and O–H groups in total. The zero-order chi connectivity index (χ0) is 22.2. The smallest absolute Gasteiger partial charge is 0.309 e. The summed E-state index contributed by atoms with van der Waals surface area (Å²) in [5.74, 6) is -0.570. The van der Waals surface area contributed by atoms with Crippen LogP contribution in [0.4, 0.5) is 0 Å². The fourth-order valence-corrected chi connectivity index (χ4v) is 8.83. The third kappa shape index (κ3) is 2.46. The lowest BCUT2D eigenvalue weighted by molar-refractivity contribution is -0.161. The number of hydrogen-bond acceptors (Lipinski definition) is 6. The van der Waals surface area contributed by atoms with Crippen LogP contribution in [0.1, 0.15) is 58.8 Å². The zero-order valence-electron chi connectivity index (χ0n) is 19.1. The van der Waals surface area contributed by atoms with Gasteiger partial charge in [-0.2, -0.15) is 0 Å². The molecule has 0 saturated heterocycles. The lowest BCUT2D eigenvalue weighted by Crippen LogP contribution is -2.46. The predicted octanol–water partition coefficient (Wildman–Crippen LogP) is 3.94. The molecule has 4 bridgehead atoms. The van der Waals surface area contributed by atoms with Gasteiger partial charge < -0.3 is 18.9 Å². The second-order valence-corrected chi connectivity index (χ2v) is 10.8. The van der Waals surface area contributed by atoms with Gasteiger partial charge in [0, 0.05) is 32.3 Å². The van der Waals surface area contributed by atoms with E-state index >= 15 is 0 Å². The molecular formula is C25H34O6. The Morgan fingerprint density at radius 3 is 2.68 bits per heavy atom. The van der Waals surface area contributed by atoms with Gasteiger partial charge in [0.1, 0.15) is 12.4 Å². The SMILES string of the molecule is C=C1C[C@]23C[C@@]1(OC(C)=O)CC=C2[C@@]12CCC[C@@](C)(C(OCOC)C1)[C@H]2[C@@H]3C(=O)OC. The molecule has 0 aromatic heterocycles. The molecule has 0 aromatic carbocycles. The third-order valence-electron chi connectivity index (χ3n) is 9.52. The maximum absolute atomic E-state index is 13.5. The molecule has 7 atom stereocenters. The first-order chi connectivity index (χ1) is 14.7. The maximum atomic E-state index is 13.5. The van der Waals surface area contributed by atoms with Crippen LogP contribution in [0.5, 0.6) is 0 Å². The van der Waals surface area contributed by atoms with Crippen molar-refractivity contribution in [1.82, 2.24) is 0 Å². The molecular weight excluding hydrogens is 396 g/mol. The van der Waals surface area contributed by atoms with Crippen LogP contribution in [0.25, 0.3) is 0 Å². The van der Waals surface area contributed by atoms with Crippen LogP contribution in [0, 0.1) is 28.1 Å². The summed E-state index contributed by atoms with van der Waals surface area (Å²) in [6.45, 7) is 8.36. The van der Waals surface area contributed by atoms with Gasteiger partial charge in [0.25, 0.3) is 0 Å². The van der Waals surface area contributed by atoms with E-state index in [0.717, 1.165) is 31.3 Å². The molecule has 6 heteroatoms. The molecule has 1 unspecified atom stereocenters. The molecule has 5 aliphatic rings. The van der Waals surface area contributed by atoms with Gasteiger partial charge >= 0.3 is 11.9 Å². The van der Waals surface area contributed by atoms with E-state index in [2.05, 4.69) is 19.6 Å². The summed E-state index contributed by atoms with van der Waals surface area (Å²) in [5.41, 5.74) is 1.05. The number of carbonyl (C=O) groups is 2. The van der Waals surface area contributed by atoms with Crippen LogP contribution >= 0.6 is 0 Å². The van der Waals surface area contributed by atoms with Crippen molar-refractivity contribution in [2.75, 3.05) is 21.0 Å². The fourth-order valence-electron chi connectivity index (χ4n) is 8.83. The number of esters is 2. The first-order valence-corrected chi connectivity index (χ1v) is 11.5. The minimum absolute atomic E-state index is 0.0510. The molecule has 4 saturated carbocycles. The van der Waals surface area contributed by atoms with Crippen LogP contribution in [0.3, 0.4) is 0 Å². The average Bonchev–Trinajstić information content (AvgIpc) is 3.13. The number of fused-ring (bicyclic) bond motifs is 1. The van der Waals surface area contributed by atoms with E-state index < -0.39 is 5.60 Å². The summed E-state index contributed by atoms with van der Waals surface area (Å²) in [6, 6.07) is 0. The molecule has 5 rings (SSSR count). The Kier molecular flexibility index (Phi) is 4.56. The second kappa shape index (κ2) is 6.67. The Labute approximate surface area is 184 Å². The largest absolute Gasteiger partial charge is 0.469 e. The van der Waals surface area contributed by atoms with Crippen LogP contribution in [-0.2, 0) is 28.5 Å². The van der Waals surface area contributed by atoms with Crippen molar-refractivity contribution < 1.29 is 28.5 Å². The van der Waals surface area contributed by atoms with Gasteiger partial charge in [-0.15, -0.1) is 0 Å². The Morgan fingerprint density at radius 1 is 1.23 bits per heavy atom. The van der Waals surface area contributed by atoms with Gasteiger partial charge in [-0.05, 0) is 48.0 Å². The van der Waals surface area contributed by atoms with E-state index in [1.807, 2.05) is 0 Å². The molecule has 6 nitrogen and oxygen atoms in total. The highest BCUT2D eigenvalue weighted by atomic mass is 16.7.